The summed E-state index contributed by atoms with van der Waals surface area (Å²) in [5.41, 5.74) is 6.09. The molecule has 0 aliphatic carbocycles. The smallest absolute Gasteiger partial charge is 0.122 e. The molecule has 1 saturated heterocycles. The Morgan fingerprint density at radius 3 is 2.94 bits per heavy atom. The first-order valence-electron chi connectivity index (χ1n) is 6.25. The first-order chi connectivity index (χ1) is 7.72. The Kier molecular flexibility index (Phi) is 3.66. The second-order valence-electron chi connectivity index (χ2n) is 4.88. The van der Waals surface area contributed by atoms with Gasteiger partial charge in [-0.2, -0.15) is 0 Å². The van der Waals surface area contributed by atoms with Crippen LogP contribution in [0.4, 0.5) is 0 Å². The number of furan rings is 1. The number of hydrogen-bond acceptors (Lipinski definition) is 3. The van der Waals surface area contributed by atoms with E-state index in [-0.39, 0.29) is 12.1 Å². The van der Waals surface area contributed by atoms with Gasteiger partial charge in [-0.15, -0.1) is 0 Å². The highest BCUT2D eigenvalue weighted by atomic mass is 16.3. The van der Waals surface area contributed by atoms with E-state index in [9.17, 15) is 0 Å². The van der Waals surface area contributed by atoms with Crippen molar-refractivity contribution >= 4 is 0 Å². The summed E-state index contributed by atoms with van der Waals surface area (Å²) >= 11 is 0. The summed E-state index contributed by atoms with van der Waals surface area (Å²) in [4.78, 5) is 2.47. The molecule has 1 fully saturated rings. The number of rotatable bonds is 4. The SMILES string of the molecule is CCC1CCN(C(c2ccco2)C(C)N)C1. The molecule has 16 heavy (non-hydrogen) atoms. The minimum absolute atomic E-state index is 0.113. The third-order valence-electron chi connectivity index (χ3n) is 3.62. The lowest BCUT2D eigenvalue weighted by atomic mass is 10.1. The number of nitrogens with zero attached hydrogens (tertiary/aromatic N) is 1. The van der Waals surface area contributed by atoms with Crippen LogP contribution in [0.5, 0.6) is 0 Å². The highest BCUT2D eigenvalue weighted by Crippen LogP contribution is 2.30. The molecule has 1 aliphatic rings. The van der Waals surface area contributed by atoms with Crippen molar-refractivity contribution in [1.82, 2.24) is 4.90 Å². The highest BCUT2D eigenvalue weighted by Gasteiger charge is 2.31. The van der Waals surface area contributed by atoms with Crippen LogP contribution >= 0.6 is 0 Å². The molecular formula is C13H22N2O. The molecule has 2 rings (SSSR count). The van der Waals surface area contributed by atoms with Gasteiger partial charge in [0.15, 0.2) is 0 Å². The van der Waals surface area contributed by atoms with E-state index in [4.69, 9.17) is 10.2 Å². The van der Waals surface area contributed by atoms with Crippen LogP contribution in [0.1, 0.15) is 38.5 Å². The molecule has 3 atom stereocenters. The van der Waals surface area contributed by atoms with Crippen molar-refractivity contribution in [2.24, 2.45) is 11.7 Å². The van der Waals surface area contributed by atoms with Crippen molar-refractivity contribution in [2.75, 3.05) is 13.1 Å². The molecule has 0 aromatic carbocycles. The first kappa shape index (κ1) is 11.7. The van der Waals surface area contributed by atoms with Crippen molar-refractivity contribution in [1.29, 1.82) is 0 Å². The molecule has 1 aromatic rings. The quantitative estimate of drug-likeness (QED) is 0.850. The first-order valence-corrected chi connectivity index (χ1v) is 6.25. The van der Waals surface area contributed by atoms with Crippen LogP contribution in [-0.2, 0) is 0 Å². The third-order valence-corrected chi connectivity index (χ3v) is 3.62. The van der Waals surface area contributed by atoms with Crippen molar-refractivity contribution in [3.8, 4) is 0 Å². The molecule has 0 bridgehead atoms. The average molecular weight is 222 g/mol. The van der Waals surface area contributed by atoms with Gasteiger partial charge in [0.1, 0.15) is 5.76 Å². The topological polar surface area (TPSA) is 42.4 Å². The van der Waals surface area contributed by atoms with Crippen LogP contribution in [0.2, 0.25) is 0 Å². The van der Waals surface area contributed by atoms with Crippen molar-refractivity contribution in [2.45, 2.75) is 38.8 Å². The summed E-state index contributed by atoms with van der Waals surface area (Å²) in [6.45, 7) is 6.63. The molecule has 0 radical (unpaired) electrons. The minimum Gasteiger partial charge on any atom is -0.468 e. The van der Waals surface area contributed by atoms with Gasteiger partial charge in [-0.25, -0.2) is 0 Å². The van der Waals surface area contributed by atoms with Gasteiger partial charge in [-0.1, -0.05) is 13.3 Å². The minimum atomic E-state index is 0.113. The normalized spacial score (nSPS) is 25.8. The van der Waals surface area contributed by atoms with E-state index < -0.39 is 0 Å². The summed E-state index contributed by atoms with van der Waals surface area (Å²) < 4.78 is 5.52. The molecule has 2 N–H and O–H groups in total. The molecule has 90 valence electrons. The maximum atomic E-state index is 6.09. The Morgan fingerprint density at radius 1 is 1.62 bits per heavy atom. The predicted molar refractivity (Wildman–Crippen MR) is 65.1 cm³/mol. The maximum Gasteiger partial charge on any atom is 0.122 e. The van der Waals surface area contributed by atoms with Gasteiger partial charge < -0.3 is 10.2 Å². The van der Waals surface area contributed by atoms with Crippen LogP contribution in [0.3, 0.4) is 0 Å². The lowest BCUT2D eigenvalue weighted by Crippen LogP contribution is -2.38. The fourth-order valence-corrected chi connectivity index (χ4v) is 2.68. The number of nitrogens with two attached hydrogens (primary N) is 1. The molecule has 3 heteroatoms. The largest absolute Gasteiger partial charge is 0.468 e. The number of likely N-dealkylation sites (tertiary alicyclic amines) is 1. The third kappa shape index (κ3) is 2.30. The van der Waals surface area contributed by atoms with Crippen molar-refractivity contribution in [3.63, 3.8) is 0 Å². The second kappa shape index (κ2) is 5.02. The van der Waals surface area contributed by atoms with E-state index in [1.807, 2.05) is 12.1 Å². The van der Waals surface area contributed by atoms with Gasteiger partial charge in [0.2, 0.25) is 0 Å². The van der Waals surface area contributed by atoms with Crippen molar-refractivity contribution < 1.29 is 4.42 Å². The van der Waals surface area contributed by atoms with Crippen LogP contribution < -0.4 is 5.73 Å². The zero-order valence-corrected chi connectivity index (χ0v) is 10.2. The molecule has 2 heterocycles. The van der Waals surface area contributed by atoms with E-state index in [2.05, 4.69) is 18.7 Å². The summed E-state index contributed by atoms with van der Waals surface area (Å²) in [6.07, 6.45) is 4.29. The van der Waals surface area contributed by atoms with Gasteiger partial charge in [0.25, 0.3) is 0 Å². The Morgan fingerprint density at radius 2 is 2.44 bits per heavy atom. The molecule has 0 spiro atoms. The van der Waals surface area contributed by atoms with Gasteiger partial charge in [-0.3, -0.25) is 4.90 Å². The van der Waals surface area contributed by atoms with Crippen LogP contribution in [0.15, 0.2) is 22.8 Å². The standard InChI is InChI=1S/C13H22N2O/c1-3-11-6-7-15(9-11)13(10(2)14)12-5-4-8-16-12/h4-5,8,10-11,13H,3,6-7,9,14H2,1-2H3. The summed E-state index contributed by atoms with van der Waals surface area (Å²) in [7, 11) is 0. The molecule has 1 aliphatic heterocycles. The zero-order valence-electron chi connectivity index (χ0n) is 10.2. The fourth-order valence-electron chi connectivity index (χ4n) is 2.68. The van der Waals surface area contributed by atoms with E-state index in [1.165, 1.54) is 12.8 Å². The van der Waals surface area contributed by atoms with E-state index in [0.29, 0.717) is 0 Å². The highest BCUT2D eigenvalue weighted by molar-refractivity contribution is 5.08. The molecule has 3 nitrogen and oxygen atoms in total. The summed E-state index contributed by atoms with van der Waals surface area (Å²) in [5, 5.41) is 0. The monoisotopic (exact) mass is 222 g/mol. The lowest BCUT2D eigenvalue weighted by Gasteiger charge is -2.29. The molecule has 0 amide bonds. The number of hydrogen-bond donors (Lipinski definition) is 1. The fraction of sp³-hybridized carbons (Fsp3) is 0.692. The van der Waals surface area contributed by atoms with Gasteiger partial charge >= 0.3 is 0 Å². The van der Waals surface area contributed by atoms with E-state index in [1.54, 1.807) is 6.26 Å². The molecule has 3 unspecified atom stereocenters. The summed E-state index contributed by atoms with van der Waals surface area (Å²) in [5.74, 6) is 1.84. The second-order valence-corrected chi connectivity index (χ2v) is 4.88. The van der Waals surface area contributed by atoms with Gasteiger partial charge in [-0.05, 0) is 37.9 Å². The van der Waals surface area contributed by atoms with Crippen LogP contribution in [0.25, 0.3) is 0 Å². The maximum absolute atomic E-state index is 6.09. The predicted octanol–water partition coefficient (Wildman–Crippen LogP) is 2.40. The Balaban J connectivity index is 2.09. The van der Waals surface area contributed by atoms with E-state index in [0.717, 1.165) is 24.8 Å². The Hall–Kier alpha value is -0.800. The molecule has 0 saturated carbocycles. The van der Waals surface area contributed by atoms with Crippen molar-refractivity contribution in [3.05, 3.63) is 24.2 Å². The van der Waals surface area contributed by atoms with Gasteiger partial charge in [0, 0.05) is 12.6 Å². The average Bonchev–Trinajstić information content (AvgIpc) is 2.88. The van der Waals surface area contributed by atoms with E-state index >= 15 is 0 Å². The molecule has 1 aromatic heterocycles. The van der Waals surface area contributed by atoms with Crippen LogP contribution in [0, 0.1) is 5.92 Å². The summed E-state index contributed by atoms with van der Waals surface area (Å²) in [6, 6.07) is 4.33. The molecular weight excluding hydrogens is 200 g/mol. The van der Waals surface area contributed by atoms with Crippen LogP contribution in [-0.4, -0.2) is 24.0 Å². The lowest BCUT2D eigenvalue weighted by molar-refractivity contribution is 0.184. The zero-order chi connectivity index (χ0) is 11.5. The Labute approximate surface area is 97.6 Å². The van der Waals surface area contributed by atoms with Gasteiger partial charge in [0.05, 0.1) is 12.3 Å². The Bertz CT molecular complexity index is 308.